The average molecular weight is 394 g/mol. The summed E-state index contributed by atoms with van der Waals surface area (Å²) in [5.74, 6) is 0.0330. The van der Waals surface area contributed by atoms with Crippen LogP contribution in [-0.4, -0.2) is 41.5 Å². The monoisotopic (exact) mass is 393 g/mol. The number of aromatic nitrogens is 2. The molecule has 140 valence electrons. The zero-order chi connectivity index (χ0) is 19.0. The molecule has 2 rings (SSSR count). The number of hydrogen-bond donors (Lipinski definition) is 2. The van der Waals surface area contributed by atoms with Gasteiger partial charge < -0.3 is 10.2 Å². The molecule has 9 heteroatoms. The van der Waals surface area contributed by atoms with E-state index in [-0.39, 0.29) is 10.8 Å². The quantitative estimate of drug-likeness (QED) is 0.666. The van der Waals surface area contributed by atoms with Crippen LogP contribution in [0.2, 0.25) is 0 Å². The van der Waals surface area contributed by atoms with Crippen LogP contribution in [0, 0.1) is 0 Å². The van der Waals surface area contributed by atoms with E-state index >= 15 is 0 Å². The van der Waals surface area contributed by atoms with Gasteiger partial charge in [-0.25, -0.2) is 23.1 Å². The molecule has 0 radical (unpaired) electrons. The van der Waals surface area contributed by atoms with Gasteiger partial charge in [-0.05, 0) is 55.4 Å². The van der Waals surface area contributed by atoms with Crippen molar-refractivity contribution in [2.24, 2.45) is 0 Å². The topological polar surface area (TPSA) is 87.2 Å². The SMILES string of the molecule is CCCN(CCC)C(=S)Nc1ccc(S(=O)(=O)Nc2ncccn2)cc1. The third kappa shape index (κ3) is 5.63. The van der Waals surface area contributed by atoms with E-state index in [0.29, 0.717) is 5.11 Å². The van der Waals surface area contributed by atoms with Crippen molar-refractivity contribution in [2.45, 2.75) is 31.6 Å². The fourth-order valence-electron chi connectivity index (χ4n) is 2.31. The summed E-state index contributed by atoms with van der Waals surface area (Å²) in [6.07, 6.45) is 4.95. The number of rotatable bonds is 8. The summed E-state index contributed by atoms with van der Waals surface area (Å²) in [6.45, 7) is 5.98. The van der Waals surface area contributed by atoms with Crippen LogP contribution in [0.25, 0.3) is 0 Å². The van der Waals surface area contributed by atoms with Crippen molar-refractivity contribution in [3.63, 3.8) is 0 Å². The highest BCUT2D eigenvalue weighted by Crippen LogP contribution is 2.17. The van der Waals surface area contributed by atoms with E-state index in [1.165, 1.54) is 24.5 Å². The highest BCUT2D eigenvalue weighted by atomic mass is 32.2. The first kappa shape index (κ1) is 20.1. The molecule has 0 aliphatic carbocycles. The number of thiocarbonyl (C=S) groups is 1. The fourth-order valence-corrected chi connectivity index (χ4v) is 3.56. The second kappa shape index (κ2) is 9.44. The standard InChI is InChI=1S/C17H23N5O2S2/c1-3-12-22(13-4-2)17(25)20-14-6-8-15(9-7-14)26(23,24)21-16-18-10-5-11-19-16/h5-11H,3-4,12-13H2,1-2H3,(H,20,25)(H,18,19,21). The van der Waals surface area contributed by atoms with Crippen LogP contribution in [0.1, 0.15) is 26.7 Å². The Hall–Kier alpha value is -2.26. The van der Waals surface area contributed by atoms with Gasteiger partial charge in [-0.1, -0.05) is 13.8 Å². The molecular formula is C17H23N5O2S2. The maximum atomic E-state index is 12.4. The third-order valence-electron chi connectivity index (χ3n) is 3.48. The molecule has 0 amide bonds. The van der Waals surface area contributed by atoms with Crippen molar-refractivity contribution in [3.05, 3.63) is 42.7 Å². The Kier molecular flexibility index (Phi) is 7.28. The molecular weight excluding hydrogens is 370 g/mol. The zero-order valence-corrected chi connectivity index (χ0v) is 16.5. The molecule has 0 saturated heterocycles. The molecule has 0 fully saturated rings. The van der Waals surface area contributed by atoms with E-state index in [0.717, 1.165) is 31.6 Å². The van der Waals surface area contributed by atoms with Gasteiger partial charge in [-0.3, -0.25) is 0 Å². The number of hydrogen-bond acceptors (Lipinski definition) is 5. The van der Waals surface area contributed by atoms with Crippen molar-refractivity contribution < 1.29 is 8.42 Å². The van der Waals surface area contributed by atoms with Gasteiger partial charge in [0.25, 0.3) is 10.0 Å². The minimum Gasteiger partial charge on any atom is -0.349 e. The number of nitrogens with zero attached hydrogens (tertiary/aromatic N) is 3. The zero-order valence-electron chi connectivity index (χ0n) is 14.8. The maximum Gasteiger partial charge on any atom is 0.264 e. The van der Waals surface area contributed by atoms with E-state index in [4.69, 9.17) is 12.2 Å². The van der Waals surface area contributed by atoms with Crippen LogP contribution >= 0.6 is 12.2 Å². The minimum atomic E-state index is -3.74. The van der Waals surface area contributed by atoms with E-state index in [2.05, 4.69) is 38.8 Å². The molecule has 0 aliphatic heterocycles. The van der Waals surface area contributed by atoms with Crippen LogP contribution in [0.3, 0.4) is 0 Å². The first-order valence-electron chi connectivity index (χ1n) is 8.42. The lowest BCUT2D eigenvalue weighted by atomic mass is 10.3. The summed E-state index contributed by atoms with van der Waals surface area (Å²) in [6, 6.07) is 8.01. The second-order valence-corrected chi connectivity index (χ2v) is 7.69. The van der Waals surface area contributed by atoms with Crippen molar-refractivity contribution in [1.82, 2.24) is 14.9 Å². The summed E-state index contributed by atoms with van der Waals surface area (Å²) in [5, 5.41) is 3.80. The summed E-state index contributed by atoms with van der Waals surface area (Å²) in [4.78, 5) is 9.96. The van der Waals surface area contributed by atoms with Gasteiger partial charge in [0.15, 0.2) is 5.11 Å². The Balaban J connectivity index is 2.06. The molecule has 1 aromatic heterocycles. The minimum absolute atomic E-state index is 0.0330. The van der Waals surface area contributed by atoms with Crippen molar-refractivity contribution >= 4 is 39.0 Å². The van der Waals surface area contributed by atoms with Crippen molar-refractivity contribution in [2.75, 3.05) is 23.1 Å². The molecule has 0 spiro atoms. The molecule has 2 N–H and O–H groups in total. The van der Waals surface area contributed by atoms with Crippen LogP contribution in [0.5, 0.6) is 0 Å². The summed E-state index contributed by atoms with van der Waals surface area (Å²) in [5.41, 5.74) is 0.738. The number of benzene rings is 1. The summed E-state index contributed by atoms with van der Waals surface area (Å²) < 4.78 is 27.1. The average Bonchev–Trinajstić information content (AvgIpc) is 2.62. The molecule has 26 heavy (non-hydrogen) atoms. The van der Waals surface area contributed by atoms with Crippen LogP contribution < -0.4 is 10.0 Å². The maximum absolute atomic E-state index is 12.4. The smallest absolute Gasteiger partial charge is 0.264 e. The molecule has 1 heterocycles. The number of sulfonamides is 1. The Morgan fingerprint density at radius 1 is 1.08 bits per heavy atom. The highest BCUT2D eigenvalue weighted by molar-refractivity contribution is 7.92. The molecule has 0 unspecified atom stereocenters. The largest absolute Gasteiger partial charge is 0.349 e. The predicted molar refractivity (Wildman–Crippen MR) is 108 cm³/mol. The Morgan fingerprint density at radius 3 is 2.19 bits per heavy atom. The van der Waals surface area contributed by atoms with Crippen LogP contribution in [0.4, 0.5) is 11.6 Å². The molecule has 1 aromatic carbocycles. The Bertz CT molecular complexity index is 805. The molecule has 0 aliphatic rings. The normalized spacial score (nSPS) is 11.0. The highest BCUT2D eigenvalue weighted by Gasteiger charge is 2.15. The number of nitrogens with one attached hydrogen (secondary N) is 2. The van der Waals surface area contributed by atoms with Crippen LogP contribution in [-0.2, 0) is 10.0 Å². The van der Waals surface area contributed by atoms with Crippen molar-refractivity contribution in [1.29, 1.82) is 0 Å². The van der Waals surface area contributed by atoms with E-state index < -0.39 is 10.0 Å². The van der Waals surface area contributed by atoms with Crippen molar-refractivity contribution in [3.8, 4) is 0 Å². The van der Waals surface area contributed by atoms with Gasteiger partial charge >= 0.3 is 0 Å². The van der Waals surface area contributed by atoms with E-state index in [1.807, 2.05) is 0 Å². The van der Waals surface area contributed by atoms with Gasteiger partial charge in [0, 0.05) is 31.2 Å². The molecule has 2 aromatic rings. The van der Waals surface area contributed by atoms with Gasteiger partial charge in [-0.2, -0.15) is 0 Å². The lowest BCUT2D eigenvalue weighted by Crippen LogP contribution is -2.35. The first-order chi connectivity index (χ1) is 12.5. The molecule has 0 atom stereocenters. The fraction of sp³-hybridized carbons (Fsp3) is 0.353. The molecule has 7 nitrogen and oxygen atoms in total. The summed E-state index contributed by atoms with van der Waals surface area (Å²) >= 11 is 5.45. The van der Waals surface area contributed by atoms with Gasteiger partial charge in [0.2, 0.25) is 5.95 Å². The third-order valence-corrected chi connectivity index (χ3v) is 5.19. The Morgan fingerprint density at radius 2 is 1.65 bits per heavy atom. The lowest BCUT2D eigenvalue weighted by Gasteiger charge is -2.25. The second-order valence-electron chi connectivity index (χ2n) is 5.62. The Labute approximate surface area is 159 Å². The van der Waals surface area contributed by atoms with Gasteiger partial charge in [-0.15, -0.1) is 0 Å². The first-order valence-corrected chi connectivity index (χ1v) is 10.3. The van der Waals surface area contributed by atoms with Crippen LogP contribution in [0.15, 0.2) is 47.6 Å². The predicted octanol–water partition coefficient (Wildman–Crippen LogP) is 3.10. The van der Waals surface area contributed by atoms with Gasteiger partial charge in [0.1, 0.15) is 0 Å². The lowest BCUT2D eigenvalue weighted by molar-refractivity contribution is 0.423. The van der Waals surface area contributed by atoms with Gasteiger partial charge in [0.05, 0.1) is 4.90 Å². The van der Waals surface area contributed by atoms with E-state index in [1.54, 1.807) is 18.2 Å². The molecule has 0 bridgehead atoms. The number of anilines is 2. The summed E-state index contributed by atoms with van der Waals surface area (Å²) in [7, 11) is -3.74. The van der Waals surface area contributed by atoms with E-state index in [9.17, 15) is 8.42 Å². The molecule has 0 saturated carbocycles.